The van der Waals surface area contributed by atoms with Crippen molar-refractivity contribution in [2.45, 2.75) is 13.1 Å². The van der Waals surface area contributed by atoms with E-state index >= 15 is 0 Å². The first-order valence-electron chi connectivity index (χ1n) is 9.78. The fraction of sp³-hybridized carbons (Fsp3) is 0.0870. The van der Waals surface area contributed by atoms with Crippen molar-refractivity contribution in [2.75, 3.05) is 10.6 Å². The van der Waals surface area contributed by atoms with Crippen molar-refractivity contribution < 1.29 is 39.6 Å². The largest absolute Gasteiger partial charge is 0.478 e. The topological polar surface area (TPSA) is 186 Å². The zero-order chi connectivity index (χ0) is 24.8. The van der Waals surface area contributed by atoms with Crippen molar-refractivity contribution in [3.8, 4) is 0 Å². The Bertz CT molecular complexity index is 1130. The maximum absolute atomic E-state index is 11.2. The van der Waals surface area contributed by atoms with E-state index in [1.54, 1.807) is 18.2 Å². The molecule has 34 heavy (non-hydrogen) atoms. The first-order valence-corrected chi connectivity index (χ1v) is 9.78. The molecule has 3 rings (SSSR count). The maximum atomic E-state index is 11.2. The van der Waals surface area contributed by atoms with Gasteiger partial charge in [0.25, 0.3) is 0 Å². The van der Waals surface area contributed by atoms with E-state index in [0.717, 1.165) is 12.1 Å². The van der Waals surface area contributed by atoms with Gasteiger partial charge in [-0.05, 0) is 48.5 Å². The molecular formula is C23H19N3O8. The molecule has 0 saturated carbocycles. The van der Waals surface area contributed by atoms with E-state index in [2.05, 4.69) is 15.6 Å². The lowest BCUT2D eigenvalue weighted by Gasteiger charge is -2.11. The summed E-state index contributed by atoms with van der Waals surface area (Å²) < 4.78 is 0. The van der Waals surface area contributed by atoms with Crippen molar-refractivity contribution in [1.82, 2.24) is 4.98 Å². The Hall–Kier alpha value is -4.93. The highest BCUT2D eigenvalue weighted by Gasteiger charge is 2.13. The third kappa shape index (κ3) is 6.07. The van der Waals surface area contributed by atoms with Crippen LogP contribution in [0.25, 0.3) is 0 Å². The van der Waals surface area contributed by atoms with Crippen molar-refractivity contribution in [1.29, 1.82) is 0 Å². The maximum Gasteiger partial charge on any atom is 0.335 e. The first kappa shape index (κ1) is 23.7. The van der Waals surface area contributed by atoms with E-state index in [-0.39, 0.29) is 35.3 Å². The van der Waals surface area contributed by atoms with Gasteiger partial charge < -0.3 is 31.1 Å². The Balaban J connectivity index is 1.72. The quantitative estimate of drug-likeness (QED) is 0.258. The van der Waals surface area contributed by atoms with Crippen molar-refractivity contribution in [2.24, 2.45) is 0 Å². The average Bonchev–Trinajstić information content (AvgIpc) is 2.81. The number of carboxylic acids is 4. The van der Waals surface area contributed by atoms with Gasteiger partial charge in [-0.3, -0.25) is 4.98 Å². The highest BCUT2D eigenvalue weighted by Crippen LogP contribution is 2.18. The minimum atomic E-state index is -1.25. The molecule has 11 nitrogen and oxygen atoms in total. The fourth-order valence-corrected chi connectivity index (χ4v) is 3.06. The van der Waals surface area contributed by atoms with Crippen LogP contribution in [0, 0.1) is 0 Å². The number of aromatic carboxylic acids is 4. The molecule has 0 fully saturated rings. The first-order chi connectivity index (χ1) is 16.1. The number of hydrogen-bond acceptors (Lipinski definition) is 7. The molecule has 0 aliphatic heterocycles. The Morgan fingerprint density at radius 1 is 0.588 bits per heavy atom. The molecule has 0 aliphatic carbocycles. The monoisotopic (exact) mass is 465 g/mol. The van der Waals surface area contributed by atoms with Gasteiger partial charge in [0.15, 0.2) is 0 Å². The predicted octanol–water partition coefficient (Wildman–Crippen LogP) is 3.10. The SMILES string of the molecule is O=C(O)c1cc(NCc2cccc(CNc3cc(C(=O)O)cc(C(=O)O)c3)n2)cc(C(=O)O)c1. The number of nitrogens with zero attached hydrogens (tertiary/aromatic N) is 1. The van der Waals surface area contributed by atoms with Crippen LogP contribution in [-0.4, -0.2) is 49.3 Å². The van der Waals surface area contributed by atoms with Gasteiger partial charge in [0, 0.05) is 11.4 Å². The molecule has 2 aromatic carbocycles. The van der Waals surface area contributed by atoms with Crippen LogP contribution in [0.2, 0.25) is 0 Å². The predicted molar refractivity (Wildman–Crippen MR) is 120 cm³/mol. The number of benzene rings is 2. The number of nitrogens with one attached hydrogen (secondary N) is 2. The average molecular weight is 465 g/mol. The Morgan fingerprint density at radius 3 is 1.21 bits per heavy atom. The fourth-order valence-electron chi connectivity index (χ4n) is 3.06. The Labute approximate surface area is 192 Å². The summed E-state index contributed by atoms with van der Waals surface area (Å²) in [5.74, 6) is -5.02. The smallest absolute Gasteiger partial charge is 0.335 e. The molecule has 3 aromatic rings. The minimum absolute atomic E-state index is 0.169. The van der Waals surface area contributed by atoms with E-state index < -0.39 is 23.9 Å². The number of carbonyl (C=O) groups is 4. The summed E-state index contributed by atoms with van der Waals surface area (Å²) in [6.07, 6.45) is 0. The number of carboxylic acid groups (broad SMARTS) is 4. The molecule has 0 atom stereocenters. The van der Waals surface area contributed by atoms with Crippen molar-refractivity contribution in [3.63, 3.8) is 0 Å². The molecule has 0 bridgehead atoms. The lowest BCUT2D eigenvalue weighted by molar-refractivity contribution is 0.0676. The van der Waals surface area contributed by atoms with Crippen LogP contribution in [0.15, 0.2) is 54.6 Å². The summed E-state index contributed by atoms with van der Waals surface area (Å²) in [6.45, 7) is 0.348. The van der Waals surface area contributed by atoms with Crippen LogP contribution in [0.5, 0.6) is 0 Å². The second-order valence-electron chi connectivity index (χ2n) is 7.15. The number of aromatic nitrogens is 1. The molecule has 174 valence electrons. The molecule has 1 aromatic heterocycles. The summed E-state index contributed by atoms with van der Waals surface area (Å²) in [6, 6.07) is 12.5. The normalized spacial score (nSPS) is 10.4. The molecule has 0 unspecified atom stereocenters. The van der Waals surface area contributed by atoms with E-state index in [0.29, 0.717) is 22.8 Å². The van der Waals surface area contributed by atoms with Crippen LogP contribution in [0.1, 0.15) is 52.8 Å². The van der Waals surface area contributed by atoms with Crippen LogP contribution in [0.4, 0.5) is 11.4 Å². The highest BCUT2D eigenvalue weighted by atomic mass is 16.4. The summed E-state index contributed by atoms with van der Waals surface area (Å²) in [4.78, 5) is 49.4. The van der Waals surface area contributed by atoms with Gasteiger partial charge in [-0.1, -0.05) is 6.07 Å². The van der Waals surface area contributed by atoms with Gasteiger partial charge in [-0.2, -0.15) is 0 Å². The van der Waals surface area contributed by atoms with E-state index in [9.17, 15) is 39.6 Å². The number of anilines is 2. The molecule has 6 N–H and O–H groups in total. The zero-order valence-electron chi connectivity index (χ0n) is 17.5. The summed E-state index contributed by atoms with van der Waals surface area (Å²) >= 11 is 0. The zero-order valence-corrected chi connectivity index (χ0v) is 17.5. The van der Waals surface area contributed by atoms with Gasteiger partial charge in [0.05, 0.1) is 46.7 Å². The third-order valence-corrected chi connectivity index (χ3v) is 4.67. The third-order valence-electron chi connectivity index (χ3n) is 4.67. The molecule has 0 aliphatic rings. The van der Waals surface area contributed by atoms with Gasteiger partial charge in [0.2, 0.25) is 0 Å². The second-order valence-corrected chi connectivity index (χ2v) is 7.15. The molecular weight excluding hydrogens is 446 g/mol. The molecule has 0 radical (unpaired) electrons. The number of hydrogen-bond donors (Lipinski definition) is 6. The molecule has 0 saturated heterocycles. The molecule has 11 heteroatoms. The lowest BCUT2D eigenvalue weighted by Crippen LogP contribution is -2.09. The number of pyridine rings is 1. The van der Waals surface area contributed by atoms with E-state index in [1.807, 2.05) is 0 Å². The van der Waals surface area contributed by atoms with Gasteiger partial charge >= 0.3 is 23.9 Å². The minimum Gasteiger partial charge on any atom is -0.478 e. The van der Waals surface area contributed by atoms with E-state index in [4.69, 9.17) is 0 Å². The van der Waals surface area contributed by atoms with E-state index in [1.165, 1.54) is 24.3 Å². The van der Waals surface area contributed by atoms with Gasteiger partial charge in [-0.15, -0.1) is 0 Å². The van der Waals surface area contributed by atoms with Crippen molar-refractivity contribution in [3.05, 3.63) is 88.2 Å². The summed E-state index contributed by atoms with van der Waals surface area (Å²) in [5, 5.41) is 42.6. The summed E-state index contributed by atoms with van der Waals surface area (Å²) in [7, 11) is 0. The standard InChI is InChI=1S/C23H19N3O8/c27-20(28)12-4-13(21(29)30)7-18(6-12)24-10-16-2-1-3-17(26-16)11-25-19-8-14(22(31)32)5-15(9-19)23(33)34/h1-9,24-25H,10-11H2,(H,27,28)(H,29,30)(H,31,32)(H,33,34). The lowest BCUT2D eigenvalue weighted by atomic mass is 10.1. The Morgan fingerprint density at radius 2 is 0.912 bits per heavy atom. The van der Waals surface area contributed by atoms with Crippen LogP contribution >= 0.6 is 0 Å². The number of rotatable bonds is 10. The summed E-state index contributed by atoms with van der Waals surface area (Å²) in [5.41, 5.74) is 1.07. The second kappa shape index (κ2) is 10.1. The Kier molecular flexibility index (Phi) is 7.07. The van der Waals surface area contributed by atoms with Crippen LogP contribution in [0.3, 0.4) is 0 Å². The van der Waals surface area contributed by atoms with Crippen LogP contribution < -0.4 is 10.6 Å². The molecule has 0 spiro atoms. The van der Waals surface area contributed by atoms with Gasteiger partial charge in [-0.25, -0.2) is 19.2 Å². The highest BCUT2D eigenvalue weighted by molar-refractivity contribution is 5.96. The molecule has 0 amide bonds. The van der Waals surface area contributed by atoms with Crippen molar-refractivity contribution >= 4 is 35.3 Å². The van der Waals surface area contributed by atoms with Gasteiger partial charge in [0.1, 0.15) is 0 Å². The molecule has 1 heterocycles. The van der Waals surface area contributed by atoms with Crippen LogP contribution in [-0.2, 0) is 13.1 Å².